The van der Waals surface area contributed by atoms with Crippen LogP contribution in [0.25, 0.3) is 6.08 Å². The fourth-order valence-corrected chi connectivity index (χ4v) is 2.14. The summed E-state index contributed by atoms with van der Waals surface area (Å²) in [5.74, 6) is -1.91. The third kappa shape index (κ3) is 4.06. The van der Waals surface area contributed by atoms with Crippen molar-refractivity contribution in [3.63, 3.8) is 0 Å². The lowest BCUT2D eigenvalue weighted by atomic mass is 9.99. The molecular formula is C15H18O8. The van der Waals surface area contributed by atoms with Crippen molar-refractivity contribution >= 4 is 12.0 Å². The number of rotatable bonds is 5. The Morgan fingerprint density at radius 1 is 1.13 bits per heavy atom. The minimum Gasteiger partial charge on any atom is -0.475 e. The zero-order chi connectivity index (χ0) is 17.0. The first-order valence-electron chi connectivity index (χ1n) is 6.91. The molecule has 0 amide bonds. The van der Waals surface area contributed by atoms with E-state index in [1.54, 1.807) is 30.3 Å². The van der Waals surface area contributed by atoms with Gasteiger partial charge in [0.05, 0.1) is 6.61 Å². The first-order chi connectivity index (χ1) is 10.9. The minimum absolute atomic E-state index is 0.513. The Hall–Kier alpha value is -1.97. The van der Waals surface area contributed by atoms with Gasteiger partial charge in [-0.05, 0) is 11.6 Å². The van der Waals surface area contributed by atoms with Gasteiger partial charge >= 0.3 is 5.97 Å². The average molecular weight is 326 g/mol. The Morgan fingerprint density at radius 3 is 2.35 bits per heavy atom. The molecule has 8 heteroatoms. The molecule has 126 valence electrons. The van der Waals surface area contributed by atoms with Gasteiger partial charge in [0.1, 0.15) is 24.4 Å². The van der Waals surface area contributed by atoms with Crippen molar-refractivity contribution in [2.75, 3.05) is 6.61 Å². The summed E-state index contributed by atoms with van der Waals surface area (Å²) in [6.07, 6.45) is -6.35. The molecule has 0 aromatic heterocycles. The van der Waals surface area contributed by atoms with Crippen LogP contribution in [0.15, 0.2) is 36.1 Å². The number of ether oxygens (including phenoxy) is 2. The maximum absolute atomic E-state index is 11.3. The van der Waals surface area contributed by atoms with Gasteiger partial charge in [0.15, 0.2) is 0 Å². The molecule has 0 radical (unpaired) electrons. The van der Waals surface area contributed by atoms with Crippen molar-refractivity contribution in [1.82, 2.24) is 0 Å². The summed E-state index contributed by atoms with van der Waals surface area (Å²) in [7, 11) is 0. The van der Waals surface area contributed by atoms with Gasteiger partial charge < -0.3 is 35.0 Å². The van der Waals surface area contributed by atoms with Gasteiger partial charge in [0.2, 0.25) is 12.0 Å². The summed E-state index contributed by atoms with van der Waals surface area (Å²) in [6.45, 7) is -0.629. The first-order valence-corrected chi connectivity index (χ1v) is 6.91. The van der Waals surface area contributed by atoms with E-state index in [0.717, 1.165) is 0 Å². The second-order valence-electron chi connectivity index (χ2n) is 5.04. The fourth-order valence-electron chi connectivity index (χ4n) is 2.14. The highest BCUT2D eigenvalue weighted by Gasteiger charge is 2.45. The Labute approximate surface area is 131 Å². The van der Waals surface area contributed by atoms with Crippen molar-refractivity contribution in [3.8, 4) is 0 Å². The lowest BCUT2D eigenvalue weighted by Crippen LogP contribution is -2.59. The third-order valence-corrected chi connectivity index (χ3v) is 3.40. The first kappa shape index (κ1) is 17.4. The third-order valence-electron chi connectivity index (χ3n) is 3.40. The molecule has 1 aromatic carbocycles. The molecule has 8 nitrogen and oxygen atoms in total. The number of carboxylic acids is 1. The van der Waals surface area contributed by atoms with Crippen molar-refractivity contribution in [1.29, 1.82) is 0 Å². The standard InChI is InChI=1S/C15H18O8/c16-7-10-11(17)12(18)13(19)15(23-10)22-9(14(20)21)6-8-4-2-1-3-5-8/h1-6,10-13,15-19H,7H2,(H,20,21). The van der Waals surface area contributed by atoms with E-state index in [1.165, 1.54) is 6.08 Å². The number of aliphatic carboxylic acids is 1. The average Bonchev–Trinajstić information content (AvgIpc) is 2.55. The van der Waals surface area contributed by atoms with Crippen LogP contribution >= 0.6 is 0 Å². The van der Waals surface area contributed by atoms with Gasteiger partial charge in [-0.2, -0.15) is 0 Å². The summed E-state index contributed by atoms with van der Waals surface area (Å²) in [5, 5.41) is 47.5. The molecule has 5 atom stereocenters. The van der Waals surface area contributed by atoms with Gasteiger partial charge in [-0.3, -0.25) is 0 Å². The predicted octanol–water partition coefficient (Wildman–Crippen LogP) is -1.07. The largest absolute Gasteiger partial charge is 0.475 e. The van der Waals surface area contributed by atoms with Crippen molar-refractivity contribution in [3.05, 3.63) is 41.7 Å². The van der Waals surface area contributed by atoms with Crippen LogP contribution in [-0.4, -0.2) is 68.8 Å². The van der Waals surface area contributed by atoms with Crippen LogP contribution in [0.5, 0.6) is 0 Å². The van der Waals surface area contributed by atoms with E-state index in [0.29, 0.717) is 5.56 Å². The highest BCUT2D eigenvalue weighted by atomic mass is 16.7. The lowest BCUT2D eigenvalue weighted by Gasteiger charge is -2.39. The number of benzene rings is 1. The SMILES string of the molecule is O=C(O)C(=Cc1ccccc1)OC1OC(CO)C(O)C(O)C1O. The van der Waals surface area contributed by atoms with Crippen LogP contribution in [0.3, 0.4) is 0 Å². The molecule has 0 aliphatic carbocycles. The minimum atomic E-state index is -1.67. The predicted molar refractivity (Wildman–Crippen MR) is 76.9 cm³/mol. The molecule has 1 aromatic rings. The molecular weight excluding hydrogens is 308 g/mol. The number of carbonyl (C=O) groups is 1. The van der Waals surface area contributed by atoms with Gasteiger partial charge in [0, 0.05) is 0 Å². The fraction of sp³-hybridized carbons (Fsp3) is 0.400. The summed E-state index contributed by atoms with van der Waals surface area (Å²) in [5.41, 5.74) is 0.550. The number of aliphatic hydroxyl groups excluding tert-OH is 4. The van der Waals surface area contributed by atoms with Gasteiger partial charge in [-0.15, -0.1) is 0 Å². The smallest absolute Gasteiger partial charge is 0.371 e. The quantitative estimate of drug-likeness (QED) is 0.341. The summed E-state index contributed by atoms with van der Waals surface area (Å²) in [6, 6.07) is 8.48. The molecule has 0 saturated carbocycles. The van der Waals surface area contributed by atoms with Crippen molar-refractivity contribution in [2.45, 2.75) is 30.7 Å². The van der Waals surface area contributed by atoms with Crippen molar-refractivity contribution in [2.24, 2.45) is 0 Å². The van der Waals surface area contributed by atoms with Crippen molar-refractivity contribution < 1.29 is 39.8 Å². The van der Waals surface area contributed by atoms with Crippen LogP contribution in [-0.2, 0) is 14.3 Å². The van der Waals surface area contributed by atoms with E-state index in [2.05, 4.69) is 0 Å². The Kier molecular flexibility index (Phi) is 5.69. The molecule has 5 N–H and O–H groups in total. The maximum atomic E-state index is 11.3. The summed E-state index contributed by atoms with van der Waals surface area (Å²) >= 11 is 0. The Bertz CT molecular complexity index is 556. The van der Waals surface area contributed by atoms with Crippen LogP contribution in [0.4, 0.5) is 0 Å². The van der Waals surface area contributed by atoms with E-state index in [1.807, 2.05) is 0 Å². The van der Waals surface area contributed by atoms with E-state index in [9.17, 15) is 25.2 Å². The Morgan fingerprint density at radius 2 is 1.78 bits per heavy atom. The van der Waals surface area contributed by atoms with E-state index in [4.69, 9.17) is 14.6 Å². The van der Waals surface area contributed by atoms with Gasteiger partial charge in [-0.1, -0.05) is 30.3 Å². The molecule has 1 heterocycles. The maximum Gasteiger partial charge on any atom is 0.371 e. The normalized spacial score (nSPS) is 31.7. The second-order valence-corrected chi connectivity index (χ2v) is 5.04. The molecule has 0 spiro atoms. The van der Waals surface area contributed by atoms with E-state index >= 15 is 0 Å². The highest BCUT2D eigenvalue weighted by molar-refractivity contribution is 5.89. The van der Waals surface area contributed by atoms with Crippen LogP contribution in [0.1, 0.15) is 5.56 Å². The number of hydrogen-bond donors (Lipinski definition) is 5. The number of aliphatic hydroxyl groups is 4. The molecule has 1 saturated heterocycles. The molecule has 1 aliphatic heterocycles. The van der Waals surface area contributed by atoms with Gasteiger partial charge in [0.25, 0.3) is 0 Å². The van der Waals surface area contributed by atoms with Crippen LogP contribution < -0.4 is 0 Å². The van der Waals surface area contributed by atoms with E-state index in [-0.39, 0.29) is 0 Å². The molecule has 2 rings (SSSR count). The topological polar surface area (TPSA) is 137 Å². The molecule has 5 unspecified atom stereocenters. The number of carboxylic acid groups (broad SMARTS) is 1. The zero-order valence-corrected chi connectivity index (χ0v) is 12.0. The lowest BCUT2D eigenvalue weighted by molar-refractivity contribution is -0.291. The number of hydrogen-bond acceptors (Lipinski definition) is 7. The molecule has 1 fully saturated rings. The van der Waals surface area contributed by atoms with Gasteiger partial charge in [-0.25, -0.2) is 4.79 Å². The molecule has 0 bridgehead atoms. The Balaban J connectivity index is 2.19. The molecule has 23 heavy (non-hydrogen) atoms. The second kappa shape index (κ2) is 7.53. The molecule has 1 aliphatic rings. The zero-order valence-electron chi connectivity index (χ0n) is 12.0. The summed E-state index contributed by atoms with van der Waals surface area (Å²) < 4.78 is 10.2. The van der Waals surface area contributed by atoms with E-state index < -0.39 is 49.0 Å². The monoisotopic (exact) mass is 326 g/mol. The van der Waals surface area contributed by atoms with Crippen LogP contribution in [0.2, 0.25) is 0 Å². The summed E-state index contributed by atoms with van der Waals surface area (Å²) in [4.78, 5) is 11.3. The van der Waals surface area contributed by atoms with Crippen LogP contribution in [0, 0.1) is 0 Å². The highest BCUT2D eigenvalue weighted by Crippen LogP contribution is 2.24.